The average Bonchev–Trinajstić information content (AvgIpc) is 3.47. The normalized spacial score (nSPS) is 16.8. The van der Waals surface area contributed by atoms with Crippen LogP contribution in [-0.4, -0.2) is 59.7 Å². The number of carboxylic acid groups (broad SMARTS) is 1. The molecular weight excluding hydrogens is 454 g/mol. The molecule has 0 saturated heterocycles. The number of anilines is 1. The van der Waals surface area contributed by atoms with Crippen molar-refractivity contribution < 1.29 is 24.2 Å². The molecule has 0 saturated carbocycles. The number of carbonyl (C=O) groups is 2. The lowest BCUT2D eigenvalue weighted by atomic mass is 9.97. The second-order valence-corrected chi connectivity index (χ2v) is 9.70. The van der Waals surface area contributed by atoms with Gasteiger partial charge in [0.15, 0.2) is 16.5 Å². The number of benzene rings is 2. The summed E-state index contributed by atoms with van der Waals surface area (Å²) in [4.78, 5) is 33.8. The van der Waals surface area contributed by atoms with E-state index in [1.807, 2.05) is 40.1 Å². The topological polar surface area (TPSA) is 92.2 Å². The van der Waals surface area contributed by atoms with Crippen LogP contribution in [0.4, 0.5) is 5.69 Å². The largest absolute Gasteiger partial charge is 0.486 e. The van der Waals surface area contributed by atoms with Gasteiger partial charge in [0.25, 0.3) is 5.91 Å². The van der Waals surface area contributed by atoms with Gasteiger partial charge in [-0.25, -0.2) is 4.98 Å². The third kappa shape index (κ3) is 3.70. The number of aromatic nitrogens is 1. The van der Waals surface area contributed by atoms with Gasteiger partial charge in [0, 0.05) is 36.6 Å². The molecule has 0 spiro atoms. The van der Waals surface area contributed by atoms with E-state index < -0.39 is 5.97 Å². The summed E-state index contributed by atoms with van der Waals surface area (Å²) in [5.41, 5.74) is 5.10. The highest BCUT2D eigenvalue weighted by Gasteiger charge is 2.31. The minimum absolute atomic E-state index is 0.00273. The van der Waals surface area contributed by atoms with Crippen molar-refractivity contribution in [2.24, 2.45) is 0 Å². The van der Waals surface area contributed by atoms with Crippen LogP contribution in [0.1, 0.15) is 25.9 Å². The summed E-state index contributed by atoms with van der Waals surface area (Å²) < 4.78 is 11.4. The molecule has 0 fully saturated rings. The lowest BCUT2D eigenvalue weighted by Gasteiger charge is -2.23. The first-order chi connectivity index (χ1) is 16.6. The van der Waals surface area contributed by atoms with Gasteiger partial charge in [-0.3, -0.25) is 14.5 Å². The van der Waals surface area contributed by atoms with Gasteiger partial charge in [-0.1, -0.05) is 18.2 Å². The van der Waals surface area contributed by atoms with Gasteiger partial charge in [0.1, 0.15) is 13.2 Å². The minimum Gasteiger partial charge on any atom is -0.486 e. The van der Waals surface area contributed by atoms with Gasteiger partial charge < -0.3 is 19.5 Å². The molecule has 0 aliphatic carbocycles. The van der Waals surface area contributed by atoms with Crippen LogP contribution >= 0.6 is 11.3 Å². The van der Waals surface area contributed by atoms with E-state index in [0.29, 0.717) is 44.3 Å². The number of nitrogens with zero attached hydrogens (tertiary/aromatic N) is 3. The molecule has 0 unspecified atom stereocenters. The first-order valence-corrected chi connectivity index (χ1v) is 12.1. The van der Waals surface area contributed by atoms with Gasteiger partial charge in [-0.2, -0.15) is 0 Å². The second-order valence-electron chi connectivity index (χ2n) is 8.61. The fourth-order valence-electron chi connectivity index (χ4n) is 4.91. The van der Waals surface area contributed by atoms with Gasteiger partial charge in [0.05, 0.1) is 12.2 Å². The number of hydrogen-bond acceptors (Lipinski definition) is 7. The van der Waals surface area contributed by atoms with Crippen molar-refractivity contribution in [3.05, 3.63) is 57.5 Å². The molecule has 174 valence electrons. The predicted molar refractivity (Wildman–Crippen MR) is 127 cm³/mol. The number of hydrogen-bond donors (Lipinski definition) is 1. The smallest absolute Gasteiger partial charge is 0.317 e. The molecule has 1 amide bonds. The Morgan fingerprint density at radius 1 is 1.06 bits per heavy atom. The Kier molecular flexibility index (Phi) is 5.23. The van der Waals surface area contributed by atoms with Crippen molar-refractivity contribution in [3.63, 3.8) is 0 Å². The second kappa shape index (κ2) is 8.41. The van der Waals surface area contributed by atoms with Gasteiger partial charge in [-0.15, -0.1) is 11.3 Å². The van der Waals surface area contributed by atoms with Crippen molar-refractivity contribution in [2.75, 3.05) is 37.7 Å². The number of aliphatic carboxylic acids is 1. The lowest BCUT2D eigenvalue weighted by Crippen LogP contribution is -2.34. The van der Waals surface area contributed by atoms with Gasteiger partial charge in [0.2, 0.25) is 0 Å². The molecular formula is C25H23N3O5S. The number of amides is 1. The summed E-state index contributed by atoms with van der Waals surface area (Å²) >= 11 is 1.38. The fraction of sp³-hybridized carbons (Fsp3) is 0.320. The molecule has 8 nitrogen and oxygen atoms in total. The quantitative estimate of drug-likeness (QED) is 0.617. The summed E-state index contributed by atoms with van der Waals surface area (Å²) in [6.45, 7) is 2.87. The van der Waals surface area contributed by atoms with E-state index in [9.17, 15) is 9.59 Å². The molecule has 6 rings (SSSR count). The Hall–Kier alpha value is -3.43. The SMILES string of the molecule is O=C(O)CN1CCc2nc(C(=O)N3CCc4c(-c5ccc6c(c5)OCCO6)cccc43)sc2C1. The standard InChI is InChI=1S/C25H23N3O5S/c29-23(30)14-27-8-7-18-22(13-27)34-24(26-18)25(31)28-9-6-17-16(2-1-3-19(17)28)15-4-5-20-21(12-15)33-11-10-32-20/h1-5,12H,6-11,13-14H2,(H,29,30). The minimum atomic E-state index is -0.841. The number of carboxylic acids is 1. The number of carbonyl (C=O) groups excluding carboxylic acids is 1. The average molecular weight is 478 g/mol. The van der Waals surface area contributed by atoms with Crippen LogP contribution in [0.2, 0.25) is 0 Å². The molecule has 4 heterocycles. The van der Waals surface area contributed by atoms with E-state index in [1.165, 1.54) is 11.3 Å². The Labute approximate surface area is 200 Å². The van der Waals surface area contributed by atoms with Crippen LogP contribution in [-0.2, 0) is 24.2 Å². The maximum Gasteiger partial charge on any atom is 0.317 e. The first-order valence-electron chi connectivity index (χ1n) is 11.3. The molecule has 0 radical (unpaired) electrons. The number of thiazole rings is 1. The summed E-state index contributed by atoms with van der Waals surface area (Å²) in [5, 5.41) is 9.55. The molecule has 1 aromatic heterocycles. The lowest BCUT2D eigenvalue weighted by molar-refractivity contribution is -0.138. The first kappa shape index (κ1) is 21.1. The van der Waals surface area contributed by atoms with E-state index >= 15 is 0 Å². The van der Waals surface area contributed by atoms with Gasteiger partial charge in [-0.05, 0) is 41.3 Å². The van der Waals surface area contributed by atoms with Crippen molar-refractivity contribution in [1.29, 1.82) is 0 Å². The van der Waals surface area contributed by atoms with Crippen LogP contribution in [0, 0.1) is 0 Å². The van der Waals surface area contributed by atoms with Crippen molar-refractivity contribution >= 4 is 28.9 Å². The number of rotatable bonds is 4. The van der Waals surface area contributed by atoms with E-state index in [1.54, 1.807) is 0 Å². The molecule has 34 heavy (non-hydrogen) atoms. The highest BCUT2D eigenvalue weighted by molar-refractivity contribution is 7.13. The predicted octanol–water partition coefficient (Wildman–Crippen LogP) is 3.23. The van der Waals surface area contributed by atoms with E-state index in [2.05, 4.69) is 11.1 Å². The highest BCUT2D eigenvalue weighted by atomic mass is 32.1. The third-order valence-electron chi connectivity index (χ3n) is 6.48. The van der Waals surface area contributed by atoms with E-state index in [4.69, 9.17) is 14.6 Å². The Morgan fingerprint density at radius 3 is 2.76 bits per heavy atom. The zero-order chi connectivity index (χ0) is 23.2. The van der Waals surface area contributed by atoms with Crippen molar-refractivity contribution in [1.82, 2.24) is 9.88 Å². The van der Waals surface area contributed by atoms with Crippen LogP contribution in [0.3, 0.4) is 0 Å². The monoisotopic (exact) mass is 477 g/mol. The van der Waals surface area contributed by atoms with Crippen LogP contribution in [0.15, 0.2) is 36.4 Å². The molecule has 3 aliphatic rings. The zero-order valence-electron chi connectivity index (χ0n) is 18.5. The number of ether oxygens (including phenoxy) is 2. The van der Waals surface area contributed by atoms with Crippen molar-refractivity contribution in [2.45, 2.75) is 19.4 Å². The summed E-state index contributed by atoms with van der Waals surface area (Å²) in [5.74, 6) is 0.570. The molecule has 3 aliphatic heterocycles. The number of fused-ring (bicyclic) bond motifs is 3. The Morgan fingerprint density at radius 2 is 1.91 bits per heavy atom. The third-order valence-corrected chi connectivity index (χ3v) is 7.55. The summed E-state index contributed by atoms with van der Waals surface area (Å²) in [6, 6.07) is 12.0. The molecule has 2 aromatic carbocycles. The van der Waals surface area contributed by atoms with Crippen molar-refractivity contribution in [3.8, 4) is 22.6 Å². The van der Waals surface area contributed by atoms with E-state index in [0.717, 1.165) is 50.9 Å². The molecule has 9 heteroatoms. The molecule has 3 aromatic rings. The van der Waals surface area contributed by atoms with Gasteiger partial charge >= 0.3 is 5.97 Å². The Bertz CT molecular complexity index is 1300. The van der Waals surface area contributed by atoms with E-state index in [-0.39, 0.29) is 12.5 Å². The van der Waals surface area contributed by atoms with Crippen LogP contribution in [0.5, 0.6) is 11.5 Å². The molecule has 1 N–H and O–H groups in total. The highest BCUT2D eigenvalue weighted by Crippen LogP contribution is 2.40. The maximum absolute atomic E-state index is 13.5. The zero-order valence-corrected chi connectivity index (χ0v) is 19.3. The summed E-state index contributed by atoms with van der Waals surface area (Å²) in [7, 11) is 0. The maximum atomic E-state index is 13.5. The Balaban J connectivity index is 1.27. The molecule has 0 bridgehead atoms. The summed E-state index contributed by atoms with van der Waals surface area (Å²) in [6.07, 6.45) is 1.43. The fourth-order valence-corrected chi connectivity index (χ4v) is 6.01. The van der Waals surface area contributed by atoms with Crippen LogP contribution in [0.25, 0.3) is 11.1 Å². The van der Waals surface area contributed by atoms with Crippen LogP contribution < -0.4 is 14.4 Å². The molecule has 0 atom stereocenters.